The Kier molecular flexibility index (Phi) is 7.75. The van der Waals surface area contributed by atoms with Gasteiger partial charge in [-0.15, -0.1) is 23.5 Å². The Balaban J connectivity index is 1.55. The first kappa shape index (κ1) is 21.1. The predicted molar refractivity (Wildman–Crippen MR) is 113 cm³/mol. The van der Waals surface area contributed by atoms with Crippen LogP contribution in [0.25, 0.3) is 0 Å². The molecule has 1 amide bonds. The molecule has 0 saturated carbocycles. The van der Waals surface area contributed by atoms with Crippen molar-refractivity contribution in [3.63, 3.8) is 0 Å². The van der Waals surface area contributed by atoms with Crippen LogP contribution in [0.2, 0.25) is 0 Å². The van der Waals surface area contributed by atoms with Gasteiger partial charge in [-0.2, -0.15) is 8.78 Å². The molecule has 1 aliphatic rings. The van der Waals surface area contributed by atoms with Gasteiger partial charge in [0.1, 0.15) is 0 Å². The first-order chi connectivity index (χ1) is 13.5. The standard InChI is InChI=1S/C19H19F2NO3S3/c1-24-16-10-12(18-26-8-9-27-18)2-7-15(16)25-11-17(23)22-13-3-5-14(6-4-13)28-19(20)21/h2-7,10,18-19H,8-9,11H2,1H3,(H,22,23). The van der Waals surface area contributed by atoms with Gasteiger partial charge in [0.25, 0.3) is 11.7 Å². The number of amides is 1. The van der Waals surface area contributed by atoms with Crippen LogP contribution in [-0.2, 0) is 4.79 Å². The minimum atomic E-state index is -2.47. The molecule has 150 valence electrons. The van der Waals surface area contributed by atoms with Crippen molar-refractivity contribution in [3.8, 4) is 11.5 Å². The second-order valence-corrected chi connectivity index (χ2v) is 9.51. The van der Waals surface area contributed by atoms with Crippen molar-refractivity contribution in [2.45, 2.75) is 15.2 Å². The highest BCUT2D eigenvalue weighted by molar-refractivity contribution is 8.19. The molecule has 2 aromatic rings. The molecular formula is C19H19F2NO3S3. The molecule has 1 fully saturated rings. The van der Waals surface area contributed by atoms with E-state index in [0.717, 1.165) is 11.5 Å². The molecule has 4 nitrogen and oxygen atoms in total. The fourth-order valence-corrected chi connectivity index (χ4v) is 5.90. The Morgan fingerprint density at radius 3 is 2.54 bits per heavy atom. The highest BCUT2D eigenvalue weighted by Crippen LogP contribution is 2.46. The molecule has 2 aromatic carbocycles. The summed E-state index contributed by atoms with van der Waals surface area (Å²) in [6.07, 6.45) is 0. The van der Waals surface area contributed by atoms with Crippen molar-refractivity contribution < 1.29 is 23.0 Å². The minimum Gasteiger partial charge on any atom is -0.493 e. The van der Waals surface area contributed by atoms with E-state index < -0.39 is 5.76 Å². The van der Waals surface area contributed by atoms with Gasteiger partial charge in [-0.25, -0.2) is 0 Å². The lowest BCUT2D eigenvalue weighted by atomic mass is 10.2. The van der Waals surface area contributed by atoms with Gasteiger partial charge in [-0.3, -0.25) is 4.79 Å². The number of hydrogen-bond acceptors (Lipinski definition) is 6. The highest BCUT2D eigenvalue weighted by Gasteiger charge is 2.20. The number of nitrogens with one attached hydrogen (secondary N) is 1. The molecule has 0 radical (unpaired) electrons. The van der Waals surface area contributed by atoms with E-state index in [-0.39, 0.29) is 12.5 Å². The monoisotopic (exact) mass is 443 g/mol. The molecule has 9 heteroatoms. The number of hydrogen-bond donors (Lipinski definition) is 1. The van der Waals surface area contributed by atoms with E-state index >= 15 is 0 Å². The molecule has 1 aliphatic heterocycles. The van der Waals surface area contributed by atoms with Crippen molar-refractivity contribution in [1.82, 2.24) is 0 Å². The van der Waals surface area contributed by atoms with Gasteiger partial charge in [-0.05, 0) is 42.0 Å². The Bertz CT molecular complexity index is 800. The average molecular weight is 444 g/mol. The number of alkyl halides is 2. The van der Waals surface area contributed by atoms with Crippen molar-refractivity contribution in [2.24, 2.45) is 0 Å². The quantitative estimate of drug-likeness (QED) is 0.543. The Morgan fingerprint density at radius 2 is 1.89 bits per heavy atom. The van der Waals surface area contributed by atoms with Crippen LogP contribution in [0.3, 0.4) is 0 Å². The van der Waals surface area contributed by atoms with Crippen molar-refractivity contribution in [1.29, 1.82) is 0 Å². The van der Waals surface area contributed by atoms with Crippen LogP contribution in [0, 0.1) is 0 Å². The minimum absolute atomic E-state index is 0.184. The van der Waals surface area contributed by atoms with Gasteiger partial charge in [0.15, 0.2) is 18.1 Å². The molecule has 1 heterocycles. The topological polar surface area (TPSA) is 47.6 Å². The number of carbonyl (C=O) groups is 1. The predicted octanol–water partition coefficient (Wildman–Crippen LogP) is 5.51. The molecule has 1 saturated heterocycles. The van der Waals surface area contributed by atoms with E-state index in [1.165, 1.54) is 17.7 Å². The molecule has 0 atom stereocenters. The summed E-state index contributed by atoms with van der Waals surface area (Å²) >= 11 is 4.27. The largest absolute Gasteiger partial charge is 0.493 e. The van der Waals surface area contributed by atoms with Gasteiger partial charge in [0, 0.05) is 22.1 Å². The average Bonchev–Trinajstić information content (AvgIpc) is 3.22. The van der Waals surface area contributed by atoms with Gasteiger partial charge < -0.3 is 14.8 Å². The van der Waals surface area contributed by atoms with Gasteiger partial charge >= 0.3 is 0 Å². The van der Waals surface area contributed by atoms with E-state index in [0.29, 0.717) is 38.4 Å². The number of benzene rings is 2. The first-order valence-electron chi connectivity index (χ1n) is 8.44. The summed E-state index contributed by atoms with van der Waals surface area (Å²) in [5.74, 6) is 0.545. The molecule has 3 rings (SSSR count). The zero-order chi connectivity index (χ0) is 19.9. The van der Waals surface area contributed by atoms with E-state index in [1.54, 1.807) is 19.2 Å². The lowest BCUT2D eigenvalue weighted by Crippen LogP contribution is -2.20. The molecule has 1 N–H and O–H groups in total. The smallest absolute Gasteiger partial charge is 0.288 e. The highest BCUT2D eigenvalue weighted by atomic mass is 32.2. The normalized spacial score (nSPS) is 14.3. The summed E-state index contributed by atoms with van der Waals surface area (Å²) in [5.41, 5.74) is 1.69. The summed E-state index contributed by atoms with van der Waals surface area (Å²) < 4.78 is 36.1. The lowest BCUT2D eigenvalue weighted by Gasteiger charge is -2.14. The van der Waals surface area contributed by atoms with Gasteiger partial charge in [-0.1, -0.05) is 17.8 Å². The van der Waals surface area contributed by atoms with E-state index in [2.05, 4.69) is 5.32 Å². The third kappa shape index (κ3) is 5.96. The fraction of sp³-hybridized carbons (Fsp3) is 0.316. The first-order valence-corrected chi connectivity index (χ1v) is 11.4. The SMILES string of the molecule is COc1cc(C2SCCS2)ccc1OCC(=O)Nc1ccc(SC(F)F)cc1. The van der Waals surface area contributed by atoms with E-state index in [1.807, 2.05) is 41.7 Å². The van der Waals surface area contributed by atoms with Crippen molar-refractivity contribution in [2.75, 3.05) is 30.5 Å². The van der Waals surface area contributed by atoms with Crippen molar-refractivity contribution >= 4 is 46.9 Å². The number of carbonyl (C=O) groups excluding carboxylic acids is 1. The lowest BCUT2D eigenvalue weighted by molar-refractivity contribution is -0.118. The molecule has 0 aliphatic carbocycles. The Morgan fingerprint density at radius 1 is 1.18 bits per heavy atom. The van der Waals surface area contributed by atoms with Crippen LogP contribution < -0.4 is 14.8 Å². The molecule has 0 aromatic heterocycles. The number of ether oxygens (including phenoxy) is 2. The van der Waals surface area contributed by atoms with Crippen LogP contribution in [0.1, 0.15) is 10.1 Å². The summed E-state index contributed by atoms with van der Waals surface area (Å²) in [6.45, 7) is -0.184. The van der Waals surface area contributed by atoms with Crippen LogP contribution in [0.15, 0.2) is 47.4 Å². The molecule has 0 unspecified atom stereocenters. The summed E-state index contributed by atoms with van der Waals surface area (Å²) in [7, 11) is 1.57. The van der Waals surface area contributed by atoms with Crippen LogP contribution >= 0.6 is 35.3 Å². The number of anilines is 1. The second-order valence-electron chi connectivity index (χ2n) is 5.72. The van der Waals surface area contributed by atoms with Crippen LogP contribution in [-0.4, -0.2) is 36.9 Å². The number of rotatable bonds is 8. The number of methoxy groups -OCH3 is 1. The van der Waals surface area contributed by atoms with Crippen molar-refractivity contribution in [3.05, 3.63) is 48.0 Å². The van der Waals surface area contributed by atoms with Crippen LogP contribution in [0.4, 0.5) is 14.5 Å². The van der Waals surface area contributed by atoms with E-state index in [4.69, 9.17) is 9.47 Å². The maximum Gasteiger partial charge on any atom is 0.288 e. The van der Waals surface area contributed by atoms with Crippen LogP contribution in [0.5, 0.6) is 11.5 Å². The second kappa shape index (κ2) is 10.3. The molecular weight excluding hydrogens is 424 g/mol. The van der Waals surface area contributed by atoms with E-state index in [9.17, 15) is 13.6 Å². The maximum absolute atomic E-state index is 12.3. The number of thioether (sulfide) groups is 3. The summed E-state index contributed by atoms with van der Waals surface area (Å²) in [4.78, 5) is 12.6. The summed E-state index contributed by atoms with van der Waals surface area (Å²) in [5, 5.41) is 2.68. The maximum atomic E-state index is 12.3. The summed E-state index contributed by atoms with van der Waals surface area (Å²) in [6, 6.07) is 12.0. The zero-order valence-electron chi connectivity index (χ0n) is 15.0. The Labute approximate surface area is 175 Å². The molecule has 0 spiro atoms. The Hall–Kier alpha value is -1.58. The zero-order valence-corrected chi connectivity index (χ0v) is 17.5. The third-order valence-corrected chi connectivity index (χ3v) is 7.63. The third-order valence-electron chi connectivity index (χ3n) is 3.80. The number of halogens is 2. The fourth-order valence-electron chi connectivity index (χ4n) is 2.56. The van der Waals surface area contributed by atoms with Gasteiger partial charge in [0.05, 0.1) is 11.7 Å². The molecule has 28 heavy (non-hydrogen) atoms. The van der Waals surface area contributed by atoms with Gasteiger partial charge in [0.2, 0.25) is 0 Å². The molecule has 0 bridgehead atoms.